The second-order valence-electron chi connectivity index (χ2n) is 4.02. The highest BCUT2D eigenvalue weighted by Gasteiger charge is 2.47. The molecule has 0 amide bonds. The molecular formula is C12H11F2NO. The van der Waals surface area contributed by atoms with Crippen molar-refractivity contribution in [3.05, 3.63) is 29.3 Å². The van der Waals surface area contributed by atoms with E-state index in [2.05, 4.69) is 10.8 Å². The minimum Gasteiger partial charge on any atom is -0.434 e. The summed E-state index contributed by atoms with van der Waals surface area (Å²) in [6.07, 6.45) is 1.43. The van der Waals surface area contributed by atoms with Gasteiger partial charge in [-0.2, -0.15) is 14.0 Å². The minimum atomic E-state index is -2.85. The maximum atomic E-state index is 12.3. The van der Waals surface area contributed by atoms with E-state index in [4.69, 9.17) is 5.26 Å². The SMILES string of the molecule is Cc1cccc(C2(C#N)CC2)c1OC(F)F. The lowest BCUT2D eigenvalue weighted by atomic mass is 9.95. The van der Waals surface area contributed by atoms with Crippen LogP contribution in [0.4, 0.5) is 8.78 Å². The van der Waals surface area contributed by atoms with Crippen LogP contribution in [-0.4, -0.2) is 6.61 Å². The third kappa shape index (κ3) is 1.73. The molecule has 1 aliphatic rings. The van der Waals surface area contributed by atoms with Crippen LogP contribution in [0.25, 0.3) is 0 Å². The number of aryl methyl sites for hydroxylation is 1. The Bertz CT molecular complexity index is 447. The summed E-state index contributed by atoms with van der Waals surface area (Å²) >= 11 is 0. The van der Waals surface area contributed by atoms with Gasteiger partial charge in [-0.15, -0.1) is 0 Å². The summed E-state index contributed by atoms with van der Waals surface area (Å²) in [5.41, 5.74) is 0.630. The number of alkyl halides is 2. The van der Waals surface area contributed by atoms with Gasteiger partial charge in [0.25, 0.3) is 0 Å². The Morgan fingerprint density at radius 1 is 1.44 bits per heavy atom. The lowest BCUT2D eigenvalue weighted by molar-refractivity contribution is -0.0510. The van der Waals surface area contributed by atoms with Crippen LogP contribution < -0.4 is 4.74 Å². The first kappa shape index (κ1) is 10.9. The second kappa shape index (κ2) is 3.75. The molecule has 0 N–H and O–H groups in total. The van der Waals surface area contributed by atoms with Gasteiger partial charge in [-0.05, 0) is 25.3 Å². The van der Waals surface area contributed by atoms with Gasteiger partial charge in [0.05, 0.1) is 11.5 Å². The zero-order chi connectivity index (χ0) is 11.8. The van der Waals surface area contributed by atoms with Crippen molar-refractivity contribution in [2.45, 2.75) is 31.8 Å². The molecule has 0 heterocycles. The van der Waals surface area contributed by atoms with Gasteiger partial charge in [-0.25, -0.2) is 0 Å². The summed E-state index contributed by atoms with van der Waals surface area (Å²) in [5, 5.41) is 9.07. The maximum absolute atomic E-state index is 12.3. The molecule has 1 aromatic rings. The molecule has 0 aliphatic heterocycles. The summed E-state index contributed by atoms with van der Waals surface area (Å²) in [6, 6.07) is 7.35. The Labute approximate surface area is 92.5 Å². The molecule has 0 saturated heterocycles. The van der Waals surface area contributed by atoms with Crippen molar-refractivity contribution in [1.29, 1.82) is 5.26 Å². The molecule has 16 heavy (non-hydrogen) atoms. The topological polar surface area (TPSA) is 33.0 Å². The molecule has 2 rings (SSSR count). The number of hydrogen-bond acceptors (Lipinski definition) is 2. The Hall–Kier alpha value is -1.63. The predicted molar refractivity (Wildman–Crippen MR) is 54.3 cm³/mol. The first-order chi connectivity index (χ1) is 7.59. The van der Waals surface area contributed by atoms with Crippen LogP contribution in [0, 0.1) is 18.3 Å². The standard InChI is InChI=1S/C12H11F2NO/c1-8-3-2-4-9(10(8)16-11(13)14)12(7-15)5-6-12/h2-4,11H,5-6H2,1H3. The molecule has 0 spiro atoms. The molecule has 0 radical (unpaired) electrons. The van der Waals surface area contributed by atoms with Gasteiger partial charge in [0.15, 0.2) is 0 Å². The minimum absolute atomic E-state index is 0.163. The number of nitriles is 1. The molecule has 1 fully saturated rings. The Morgan fingerprint density at radius 2 is 2.12 bits per heavy atom. The van der Waals surface area contributed by atoms with Crippen molar-refractivity contribution >= 4 is 0 Å². The zero-order valence-electron chi connectivity index (χ0n) is 8.84. The monoisotopic (exact) mass is 223 g/mol. The van der Waals surface area contributed by atoms with E-state index in [-0.39, 0.29) is 5.75 Å². The van der Waals surface area contributed by atoms with Gasteiger partial charge < -0.3 is 4.74 Å². The van der Waals surface area contributed by atoms with E-state index >= 15 is 0 Å². The van der Waals surface area contributed by atoms with Crippen LogP contribution in [0.5, 0.6) is 5.75 Å². The Balaban J connectivity index is 2.45. The molecule has 0 aromatic heterocycles. The quantitative estimate of drug-likeness (QED) is 0.788. The van der Waals surface area contributed by atoms with Gasteiger partial charge in [0.1, 0.15) is 5.75 Å². The highest BCUT2D eigenvalue weighted by atomic mass is 19.3. The van der Waals surface area contributed by atoms with Crippen molar-refractivity contribution in [3.8, 4) is 11.8 Å². The van der Waals surface area contributed by atoms with Gasteiger partial charge in [0, 0.05) is 5.56 Å². The number of halogens is 2. The summed E-state index contributed by atoms with van der Waals surface area (Å²) in [6.45, 7) is -1.15. The van der Waals surface area contributed by atoms with Crippen molar-refractivity contribution < 1.29 is 13.5 Å². The molecule has 0 atom stereocenters. The summed E-state index contributed by atoms with van der Waals surface area (Å²) < 4.78 is 29.1. The first-order valence-electron chi connectivity index (χ1n) is 5.05. The molecule has 1 saturated carbocycles. The van der Waals surface area contributed by atoms with E-state index in [9.17, 15) is 8.78 Å². The Morgan fingerprint density at radius 3 is 2.62 bits per heavy atom. The normalized spacial score (nSPS) is 16.9. The lowest BCUT2D eigenvalue weighted by Gasteiger charge is -2.15. The molecule has 0 unspecified atom stereocenters. The predicted octanol–water partition coefficient (Wildman–Crippen LogP) is 3.15. The summed E-state index contributed by atoms with van der Waals surface area (Å²) in [7, 11) is 0. The van der Waals surface area contributed by atoms with Crippen molar-refractivity contribution in [2.75, 3.05) is 0 Å². The maximum Gasteiger partial charge on any atom is 0.387 e. The highest BCUT2D eigenvalue weighted by Crippen LogP contribution is 2.51. The summed E-state index contributed by atoms with van der Waals surface area (Å²) in [5.74, 6) is 0.163. The number of hydrogen-bond donors (Lipinski definition) is 0. The first-order valence-corrected chi connectivity index (χ1v) is 5.05. The van der Waals surface area contributed by atoms with Crippen molar-refractivity contribution in [2.24, 2.45) is 0 Å². The molecule has 1 aromatic carbocycles. The molecule has 0 bridgehead atoms. The van der Waals surface area contributed by atoms with Gasteiger partial charge in [-0.1, -0.05) is 18.2 Å². The van der Waals surface area contributed by atoms with Crippen LogP contribution in [0.15, 0.2) is 18.2 Å². The average molecular weight is 223 g/mol. The van der Waals surface area contributed by atoms with Crippen LogP contribution in [0.1, 0.15) is 24.0 Å². The summed E-state index contributed by atoms with van der Waals surface area (Å²) in [4.78, 5) is 0. The fourth-order valence-electron chi connectivity index (χ4n) is 1.84. The van der Waals surface area contributed by atoms with Crippen LogP contribution in [0.2, 0.25) is 0 Å². The smallest absolute Gasteiger partial charge is 0.387 e. The van der Waals surface area contributed by atoms with Crippen LogP contribution >= 0.6 is 0 Å². The zero-order valence-corrected chi connectivity index (χ0v) is 8.84. The van der Waals surface area contributed by atoms with Gasteiger partial charge in [0.2, 0.25) is 0 Å². The van der Waals surface area contributed by atoms with E-state index in [1.165, 1.54) is 0 Å². The van der Waals surface area contributed by atoms with E-state index in [0.29, 0.717) is 24.0 Å². The van der Waals surface area contributed by atoms with Crippen LogP contribution in [-0.2, 0) is 5.41 Å². The van der Waals surface area contributed by atoms with E-state index in [1.54, 1.807) is 25.1 Å². The number of nitrogens with zero attached hydrogens (tertiary/aromatic N) is 1. The third-order valence-corrected chi connectivity index (χ3v) is 2.90. The third-order valence-electron chi connectivity index (χ3n) is 2.90. The van der Waals surface area contributed by atoms with Crippen molar-refractivity contribution in [1.82, 2.24) is 0 Å². The molecule has 84 valence electrons. The molecular weight excluding hydrogens is 212 g/mol. The molecule has 2 nitrogen and oxygen atoms in total. The van der Waals surface area contributed by atoms with E-state index in [0.717, 1.165) is 0 Å². The van der Waals surface area contributed by atoms with Gasteiger partial charge in [-0.3, -0.25) is 0 Å². The number of benzene rings is 1. The van der Waals surface area contributed by atoms with Crippen LogP contribution in [0.3, 0.4) is 0 Å². The second-order valence-corrected chi connectivity index (χ2v) is 4.02. The lowest BCUT2D eigenvalue weighted by Crippen LogP contribution is -2.11. The molecule has 4 heteroatoms. The fraction of sp³-hybridized carbons (Fsp3) is 0.417. The van der Waals surface area contributed by atoms with Gasteiger partial charge >= 0.3 is 6.61 Å². The van der Waals surface area contributed by atoms with E-state index < -0.39 is 12.0 Å². The number of ether oxygens (including phenoxy) is 1. The largest absolute Gasteiger partial charge is 0.434 e. The van der Waals surface area contributed by atoms with Crippen molar-refractivity contribution in [3.63, 3.8) is 0 Å². The van der Waals surface area contributed by atoms with E-state index in [1.807, 2.05) is 0 Å². The highest BCUT2D eigenvalue weighted by molar-refractivity contribution is 5.51. The molecule has 1 aliphatic carbocycles. The number of para-hydroxylation sites is 1. The number of rotatable bonds is 3. The average Bonchev–Trinajstić information content (AvgIpc) is 3.01. The Kier molecular flexibility index (Phi) is 2.55. The fourth-order valence-corrected chi connectivity index (χ4v) is 1.84.